The number of halogens is 2. The number of hydrogen-bond donors (Lipinski definition) is 0. The average Bonchev–Trinajstić information content (AvgIpc) is 2.29. The van der Waals surface area contributed by atoms with Crippen LogP contribution in [0.4, 0.5) is 8.78 Å². The van der Waals surface area contributed by atoms with Crippen molar-refractivity contribution in [1.82, 2.24) is 4.90 Å². The summed E-state index contributed by atoms with van der Waals surface area (Å²) in [6.45, 7) is 1.30. The molecule has 1 aromatic rings. The zero-order chi connectivity index (χ0) is 12.4. The molecule has 2 nitrogen and oxygen atoms in total. The van der Waals surface area contributed by atoms with Gasteiger partial charge in [0.15, 0.2) is 17.4 Å². The molecule has 0 amide bonds. The third-order valence-corrected chi connectivity index (χ3v) is 2.80. The highest BCUT2D eigenvalue weighted by atomic mass is 19.2. The maximum absolute atomic E-state index is 13.0. The molecule has 2 rings (SSSR count). The van der Waals surface area contributed by atoms with Gasteiger partial charge in [-0.05, 0) is 30.8 Å². The molecule has 0 spiro atoms. The summed E-state index contributed by atoms with van der Waals surface area (Å²) in [5.74, 6) is -1.69. The van der Waals surface area contributed by atoms with Crippen LogP contribution < -0.4 is 0 Å². The second-order valence-electron chi connectivity index (χ2n) is 4.25. The van der Waals surface area contributed by atoms with Crippen LogP contribution in [0.3, 0.4) is 0 Å². The van der Waals surface area contributed by atoms with E-state index in [2.05, 4.69) is 0 Å². The van der Waals surface area contributed by atoms with Gasteiger partial charge in [0.1, 0.15) is 0 Å². The molecule has 1 fully saturated rings. The first-order valence-electron chi connectivity index (χ1n) is 5.43. The lowest BCUT2D eigenvalue weighted by molar-refractivity contribution is -0.117. The standard InChI is InChI=1S/C13H13F2NO/c1-16-5-4-13(17)10(8-16)6-9-2-3-11(14)12(15)7-9/h2-3,6-7H,4-5,8H2,1H3/b10-6+. The molecular formula is C13H13F2NO. The summed E-state index contributed by atoms with van der Waals surface area (Å²) >= 11 is 0. The van der Waals surface area contributed by atoms with Gasteiger partial charge in [-0.3, -0.25) is 4.79 Å². The third-order valence-electron chi connectivity index (χ3n) is 2.80. The summed E-state index contributed by atoms with van der Waals surface area (Å²) < 4.78 is 25.8. The molecule has 0 aromatic heterocycles. The van der Waals surface area contributed by atoms with Crippen molar-refractivity contribution in [2.24, 2.45) is 0 Å². The van der Waals surface area contributed by atoms with Crippen LogP contribution in [0.25, 0.3) is 6.08 Å². The van der Waals surface area contributed by atoms with Crippen molar-refractivity contribution in [3.63, 3.8) is 0 Å². The van der Waals surface area contributed by atoms with Gasteiger partial charge in [-0.2, -0.15) is 0 Å². The van der Waals surface area contributed by atoms with Crippen molar-refractivity contribution in [2.75, 3.05) is 20.1 Å². The highest BCUT2D eigenvalue weighted by molar-refractivity contribution is 6.00. The molecule has 1 saturated heterocycles. The molecule has 0 aliphatic carbocycles. The first kappa shape index (κ1) is 11.9. The first-order valence-corrected chi connectivity index (χ1v) is 5.43. The minimum atomic E-state index is -0.893. The van der Waals surface area contributed by atoms with Crippen LogP contribution in [-0.2, 0) is 4.79 Å². The smallest absolute Gasteiger partial charge is 0.161 e. The van der Waals surface area contributed by atoms with Crippen molar-refractivity contribution < 1.29 is 13.6 Å². The molecule has 90 valence electrons. The van der Waals surface area contributed by atoms with E-state index in [9.17, 15) is 13.6 Å². The van der Waals surface area contributed by atoms with E-state index in [4.69, 9.17) is 0 Å². The monoisotopic (exact) mass is 237 g/mol. The summed E-state index contributed by atoms with van der Waals surface area (Å²) in [6, 6.07) is 3.64. The van der Waals surface area contributed by atoms with Gasteiger partial charge in [0.2, 0.25) is 0 Å². The van der Waals surface area contributed by atoms with Gasteiger partial charge in [-0.25, -0.2) is 8.78 Å². The number of rotatable bonds is 1. The van der Waals surface area contributed by atoms with E-state index >= 15 is 0 Å². The predicted molar refractivity (Wildman–Crippen MR) is 61.5 cm³/mol. The Labute approximate surface area is 98.5 Å². The van der Waals surface area contributed by atoms with Gasteiger partial charge in [0.05, 0.1) is 0 Å². The molecule has 0 unspecified atom stereocenters. The Morgan fingerprint density at radius 2 is 2.06 bits per heavy atom. The number of benzene rings is 1. The number of hydrogen-bond acceptors (Lipinski definition) is 2. The van der Waals surface area contributed by atoms with Gasteiger partial charge in [0.25, 0.3) is 0 Å². The average molecular weight is 237 g/mol. The molecule has 1 aliphatic heterocycles. The fourth-order valence-electron chi connectivity index (χ4n) is 1.84. The molecule has 0 bridgehead atoms. The largest absolute Gasteiger partial charge is 0.302 e. The number of carbonyl (C=O) groups excluding carboxylic acids is 1. The second-order valence-corrected chi connectivity index (χ2v) is 4.25. The molecule has 0 saturated carbocycles. The fraction of sp³-hybridized carbons (Fsp3) is 0.308. The molecule has 1 heterocycles. The van der Waals surface area contributed by atoms with Crippen molar-refractivity contribution in [3.05, 3.63) is 41.0 Å². The van der Waals surface area contributed by atoms with Crippen LogP contribution in [-0.4, -0.2) is 30.8 Å². The lowest BCUT2D eigenvalue weighted by Crippen LogP contribution is -2.32. The second kappa shape index (κ2) is 4.75. The maximum atomic E-state index is 13.0. The van der Waals surface area contributed by atoms with Crippen LogP contribution in [0.2, 0.25) is 0 Å². The Kier molecular flexibility index (Phi) is 3.33. The summed E-state index contributed by atoms with van der Waals surface area (Å²) in [7, 11) is 1.92. The van der Waals surface area contributed by atoms with E-state index in [0.29, 0.717) is 24.1 Å². The zero-order valence-electron chi connectivity index (χ0n) is 9.54. The number of nitrogens with zero attached hydrogens (tertiary/aromatic N) is 1. The fourth-order valence-corrected chi connectivity index (χ4v) is 1.84. The Bertz CT molecular complexity index is 482. The minimum Gasteiger partial charge on any atom is -0.302 e. The number of likely N-dealkylation sites (N-methyl/N-ethyl adjacent to an activating group) is 1. The Morgan fingerprint density at radius 3 is 2.76 bits per heavy atom. The van der Waals surface area contributed by atoms with E-state index in [-0.39, 0.29) is 5.78 Å². The highest BCUT2D eigenvalue weighted by Crippen LogP contribution is 2.16. The highest BCUT2D eigenvalue weighted by Gasteiger charge is 2.18. The van der Waals surface area contributed by atoms with Crippen molar-refractivity contribution in [1.29, 1.82) is 0 Å². The number of ketones is 1. The molecule has 1 aliphatic rings. The summed E-state index contributed by atoms with van der Waals surface area (Å²) in [6.07, 6.45) is 2.10. The van der Waals surface area contributed by atoms with Gasteiger partial charge >= 0.3 is 0 Å². The SMILES string of the molecule is CN1CCC(=O)/C(=C/c2ccc(F)c(F)c2)C1. The normalized spacial score (nSPS) is 19.9. The number of piperidine rings is 1. The van der Waals surface area contributed by atoms with E-state index in [1.807, 2.05) is 11.9 Å². The molecule has 0 atom stereocenters. The van der Waals surface area contributed by atoms with Crippen molar-refractivity contribution in [2.45, 2.75) is 6.42 Å². The van der Waals surface area contributed by atoms with Crippen LogP contribution in [0.5, 0.6) is 0 Å². The number of Topliss-reactive ketones (excluding diaryl/α,β-unsaturated/α-hetero) is 1. The molecule has 1 aromatic carbocycles. The summed E-state index contributed by atoms with van der Waals surface area (Å²) in [5, 5.41) is 0. The molecular weight excluding hydrogens is 224 g/mol. The van der Waals surface area contributed by atoms with Gasteiger partial charge < -0.3 is 4.90 Å². The lowest BCUT2D eigenvalue weighted by atomic mass is 10.0. The van der Waals surface area contributed by atoms with E-state index < -0.39 is 11.6 Å². The first-order chi connectivity index (χ1) is 8.06. The van der Waals surface area contributed by atoms with E-state index in [0.717, 1.165) is 18.7 Å². The van der Waals surface area contributed by atoms with Crippen LogP contribution in [0.15, 0.2) is 23.8 Å². The van der Waals surface area contributed by atoms with E-state index in [1.54, 1.807) is 6.08 Å². The summed E-state index contributed by atoms with van der Waals surface area (Å²) in [5.41, 5.74) is 1.16. The minimum absolute atomic E-state index is 0.0767. The quantitative estimate of drug-likeness (QED) is 0.698. The predicted octanol–water partition coefficient (Wildman–Crippen LogP) is 2.25. The maximum Gasteiger partial charge on any atom is 0.161 e. The van der Waals surface area contributed by atoms with Crippen molar-refractivity contribution >= 4 is 11.9 Å². The topological polar surface area (TPSA) is 20.3 Å². The van der Waals surface area contributed by atoms with Crippen molar-refractivity contribution in [3.8, 4) is 0 Å². The Hall–Kier alpha value is -1.55. The Morgan fingerprint density at radius 1 is 1.29 bits per heavy atom. The lowest BCUT2D eigenvalue weighted by Gasteiger charge is -2.23. The van der Waals surface area contributed by atoms with Crippen LogP contribution in [0, 0.1) is 11.6 Å². The Balaban J connectivity index is 2.28. The number of likely N-dealkylation sites (tertiary alicyclic amines) is 1. The zero-order valence-corrected chi connectivity index (χ0v) is 9.54. The van der Waals surface area contributed by atoms with Gasteiger partial charge in [-0.15, -0.1) is 0 Å². The molecule has 17 heavy (non-hydrogen) atoms. The van der Waals surface area contributed by atoms with Gasteiger partial charge in [0, 0.05) is 25.1 Å². The van der Waals surface area contributed by atoms with Gasteiger partial charge in [-0.1, -0.05) is 6.07 Å². The molecule has 0 radical (unpaired) electrons. The molecule has 0 N–H and O–H groups in total. The summed E-state index contributed by atoms with van der Waals surface area (Å²) in [4.78, 5) is 13.7. The number of carbonyl (C=O) groups is 1. The molecule has 4 heteroatoms. The van der Waals surface area contributed by atoms with Crippen LogP contribution >= 0.6 is 0 Å². The third kappa shape index (κ3) is 2.77. The van der Waals surface area contributed by atoms with Crippen LogP contribution in [0.1, 0.15) is 12.0 Å². The van der Waals surface area contributed by atoms with E-state index in [1.165, 1.54) is 6.07 Å².